The molecule has 0 aliphatic carbocycles. The first-order valence-electron chi connectivity index (χ1n) is 3.77. The molecule has 2 atom stereocenters. The van der Waals surface area contributed by atoms with Crippen LogP contribution in [0, 0.1) is 5.92 Å². The summed E-state index contributed by atoms with van der Waals surface area (Å²) in [7, 11) is 0. The first-order chi connectivity index (χ1) is 5.56. The number of ether oxygens (including phenoxy) is 1. The topological polar surface area (TPSA) is 66.4 Å². The summed E-state index contributed by atoms with van der Waals surface area (Å²) in [6.07, 6.45) is 0.168. The lowest BCUT2D eigenvalue weighted by atomic mass is 10.1. The minimum atomic E-state index is -2.07. The first kappa shape index (κ1) is 11.6. The molecule has 4 nitrogen and oxygen atoms in total. The monoisotopic (exact) mass is 193 g/mol. The molecule has 2 unspecified atom stereocenters. The van der Waals surface area contributed by atoms with Crippen molar-refractivity contribution in [2.45, 2.75) is 20.3 Å². The van der Waals surface area contributed by atoms with Crippen LogP contribution in [0.5, 0.6) is 0 Å². The lowest BCUT2D eigenvalue weighted by Crippen LogP contribution is -2.14. The maximum atomic E-state index is 10.8. The van der Waals surface area contributed by atoms with E-state index in [0.717, 1.165) is 0 Å². The zero-order valence-electron chi connectivity index (χ0n) is 7.24. The van der Waals surface area contributed by atoms with Crippen LogP contribution in [0.2, 0.25) is 0 Å². The maximum Gasteiger partial charge on any atom is 0.306 e. The molecule has 0 saturated heterocycles. The van der Waals surface area contributed by atoms with Gasteiger partial charge in [0.1, 0.15) is 0 Å². The van der Waals surface area contributed by atoms with E-state index in [9.17, 15) is 13.6 Å². The molecule has 72 valence electrons. The molecule has 0 rings (SSSR count). The van der Waals surface area contributed by atoms with Gasteiger partial charge in [0.25, 0.3) is 0 Å². The number of carbonyl (C=O) groups excluding carboxylic acids is 1. The van der Waals surface area contributed by atoms with Gasteiger partial charge in [0.05, 0.1) is 6.61 Å². The predicted octanol–water partition coefficient (Wildman–Crippen LogP) is 0.455. The van der Waals surface area contributed by atoms with Gasteiger partial charge in [-0.3, -0.25) is 9.00 Å². The lowest BCUT2D eigenvalue weighted by Gasteiger charge is -2.11. The standard InChI is InChI=1S/C7H14O4S/c1-3-11-7(8)4-6(2)5-12(9)10/h6H,3-5H2,1-2H3,(H,9,10)/p-1. The van der Waals surface area contributed by atoms with Gasteiger partial charge in [-0.25, -0.2) is 0 Å². The van der Waals surface area contributed by atoms with Gasteiger partial charge in [0.15, 0.2) is 0 Å². The average molecular weight is 193 g/mol. The van der Waals surface area contributed by atoms with Crippen molar-refractivity contribution >= 4 is 17.0 Å². The van der Waals surface area contributed by atoms with Crippen molar-refractivity contribution < 1.29 is 18.3 Å². The second-order valence-electron chi connectivity index (χ2n) is 2.58. The van der Waals surface area contributed by atoms with Crippen LogP contribution in [0.4, 0.5) is 0 Å². The molecule has 5 heteroatoms. The van der Waals surface area contributed by atoms with Crippen LogP contribution in [0.25, 0.3) is 0 Å². The van der Waals surface area contributed by atoms with Crippen molar-refractivity contribution in [3.63, 3.8) is 0 Å². The third-order valence-corrected chi connectivity index (χ3v) is 2.08. The minimum Gasteiger partial charge on any atom is -0.772 e. The first-order valence-corrected chi connectivity index (χ1v) is 5.02. The van der Waals surface area contributed by atoms with E-state index in [1.807, 2.05) is 0 Å². The minimum absolute atomic E-state index is 0.0127. The molecule has 0 aromatic rings. The van der Waals surface area contributed by atoms with Gasteiger partial charge in [-0.15, -0.1) is 0 Å². The smallest absolute Gasteiger partial charge is 0.306 e. The highest BCUT2D eigenvalue weighted by Gasteiger charge is 2.09. The summed E-state index contributed by atoms with van der Waals surface area (Å²) < 4.78 is 25.0. The number of hydrogen-bond donors (Lipinski definition) is 0. The number of rotatable bonds is 5. The SMILES string of the molecule is CCOC(=O)CC(C)CS(=O)[O-]. The summed E-state index contributed by atoms with van der Waals surface area (Å²) in [6.45, 7) is 3.76. The Hall–Kier alpha value is -0.420. The van der Waals surface area contributed by atoms with Crippen LogP contribution in [0.1, 0.15) is 20.3 Å². The third-order valence-electron chi connectivity index (χ3n) is 1.24. The number of esters is 1. The average Bonchev–Trinajstić information content (AvgIpc) is 1.84. The third kappa shape index (κ3) is 6.30. The Bertz CT molecular complexity index is 169. The maximum absolute atomic E-state index is 10.8. The molecule has 0 radical (unpaired) electrons. The molecule has 0 heterocycles. The molecule has 0 N–H and O–H groups in total. The molecular weight excluding hydrogens is 180 g/mol. The quantitative estimate of drug-likeness (QED) is 0.470. The molecule has 0 aromatic heterocycles. The molecular formula is C7H13O4S-. The van der Waals surface area contributed by atoms with Gasteiger partial charge in [-0.1, -0.05) is 18.0 Å². The van der Waals surface area contributed by atoms with Crippen LogP contribution in [0.3, 0.4) is 0 Å². The molecule has 12 heavy (non-hydrogen) atoms. The van der Waals surface area contributed by atoms with E-state index in [-0.39, 0.29) is 24.1 Å². The Labute approximate surface area is 74.6 Å². The second kappa shape index (κ2) is 6.14. The van der Waals surface area contributed by atoms with E-state index in [1.54, 1.807) is 13.8 Å². The Balaban J connectivity index is 3.61. The normalized spacial score (nSPS) is 15.2. The molecule has 0 aliphatic rings. The van der Waals surface area contributed by atoms with Crippen LogP contribution < -0.4 is 0 Å². The fourth-order valence-corrected chi connectivity index (χ4v) is 1.38. The Morgan fingerprint density at radius 3 is 2.67 bits per heavy atom. The van der Waals surface area contributed by atoms with E-state index in [2.05, 4.69) is 4.74 Å². The van der Waals surface area contributed by atoms with Crippen molar-refractivity contribution in [2.24, 2.45) is 5.92 Å². The highest BCUT2D eigenvalue weighted by molar-refractivity contribution is 7.79. The van der Waals surface area contributed by atoms with E-state index in [0.29, 0.717) is 6.61 Å². The highest BCUT2D eigenvalue weighted by Crippen LogP contribution is 2.04. The van der Waals surface area contributed by atoms with Crippen molar-refractivity contribution in [3.8, 4) is 0 Å². The van der Waals surface area contributed by atoms with Crippen molar-refractivity contribution in [3.05, 3.63) is 0 Å². The molecule has 0 spiro atoms. The van der Waals surface area contributed by atoms with Crippen LogP contribution in [-0.4, -0.2) is 27.1 Å². The van der Waals surface area contributed by atoms with Gasteiger partial charge in [-0.2, -0.15) is 0 Å². The summed E-state index contributed by atoms with van der Waals surface area (Å²) in [5.41, 5.74) is 0. The lowest BCUT2D eigenvalue weighted by molar-refractivity contribution is -0.143. The Kier molecular flexibility index (Phi) is 5.92. The largest absolute Gasteiger partial charge is 0.772 e. The molecule has 0 bridgehead atoms. The van der Waals surface area contributed by atoms with Gasteiger partial charge in [0, 0.05) is 12.2 Å². The van der Waals surface area contributed by atoms with E-state index < -0.39 is 11.1 Å². The summed E-state index contributed by atoms with van der Waals surface area (Å²) >= 11 is -2.07. The van der Waals surface area contributed by atoms with E-state index in [4.69, 9.17) is 0 Å². The summed E-state index contributed by atoms with van der Waals surface area (Å²) in [5.74, 6) is -0.489. The highest BCUT2D eigenvalue weighted by atomic mass is 32.2. The van der Waals surface area contributed by atoms with Crippen LogP contribution in [0.15, 0.2) is 0 Å². The summed E-state index contributed by atoms with van der Waals surface area (Å²) in [5, 5.41) is 0. The fourth-order valence-electron chi connectivity index (χ4n) is 0.796. The molecule has 0 aromatic carbocycles. The molecule has 0 saturated carbocycles. The van der Waals surface area contributed by atoms with Gasteiger partial charge in [0.2, 0.25) is 0 Å². The zero-order chi connectivity index (χ0) is 9.56. The van der Waals surface area contributed by atoms with Gasteiger partial charge >= 0.3 is 5.97 Å². The second-order valence-corrected chi connectivity index (χ2v) is 3.53. The summed E-state index contributed by atoms with van der Waals surface area (Å²) in [4.78, 5) is 10.8. The molecule has 0 amide bonds. The summed E-state index contributed by atoms with van der Waals surface area (Å²) in [6, 6.07) is 0. The van der Waals surface area contributed by atoms with E-state index >= 15 is 0 Å². The van der Waals surface area contributed by atoms with Crippen molar-refractivity contribution in [2.75, 3.05) is 12.4 Å². The number of carbonyl (C=O) groups is 1. The van der Waals surface area contributed by atoms with Gasteiger partial charge < -0.3 is 9.29 Å². The van der Waals surface area contributed by atoms with Crippen LogP contribution in [-0.2, 0) is 20.6 Å². The fraction of sp³-hybridized carbons (Fsp3) is 0.857. The number of hydrogen-bond acceptors (Lipinski definition) is 4. The Morgan fingerprint density at radius 2 is 2.25 bits per heavy atom. The Morgan fingerprint density at radius 1 is 1.67 bits per heavy atom. The predicted molar refractivity (Wildman–Crippen MR) is 44.2 cm³/mol. The van der Waals surface area contributed by atoms with Crippen molar-refractivity contribution in [1.29, 1.82) is 0 Å². The van der Waals surface area contributed by atoms with Crippen molar-refractivity contribution in [1.82, 2.24) is 0 Å². The molecule has 0 fully saturated rings. The zero-order valence-corrected chi connectivity index (χ0v) is 8.06. The molecule has 0 aliphatic heterocycles. The van der Waals surface area contributed by atoms with E-state index in [1.165, 1.54) is 0 Å². The van der Waals surface area contributed by atoms with Crippen LogP contribution >= 0.6 is 0 Å². The van der Waals surface area contributed by atoms with Gasteiger partial charge in [-0.05, 0) is 12.8 Å².